The molecule has 106 valence electrons. The molecule has 1 aliphatic rings. The third kappa shape index (κ3) is 2.86. The molecule has 1 fully saturated rings. The molecule has 6 heteroatoms. The van der Waals surface area contributed by atoms with Gasteiger partial charge in [-0.2, -0.15) is 4.31 Å². The van der Waals surface area contributed by atoms with Crippen LogP contribution < -0.4 is 0 Å². The number of hydrogen-bond acceptors (Lipinski definition) is 3. The van der Waals surface area contributed by atoms with Gasteiger partial charge in [-0.1, -0.05) is 6.07 Å². The van der Waals surface area contributed by atoms with E-state index < -0.39 is 10.0 Å². The summed E-state index contributed by atoms with van der Waals surface area (Å²) in [5, 5.41) is 0. The SMILES string of the molecule is Cc1ccc(S(=O)(=O)N(C)C2CCOC2C)c(Br)c1. The summed E-state index contributed by atoms with van der Waals surface area (Å²) >= 11 is 3.34. The van der Waals surface area contributed by atoms with Gasteiger partial charge in [-0.15, -0.1) is 0 Å². The predicted molar refractivity (Wildman–Crippen MR) is 77.6 cm³/mol. The molecule has 0 amide bonds. The largest absolute Gasteiger partial charge is 0.377 e. The van der Waals surface area contributed by atoms with Gasteiger partial charge in [0, 0.05) is 18.1 Å². The highest BCUT2D eigenvalue weighted by Gasteiger charge is 2.35. The molecule has 2 atom stereocenters. The summed E-state index contributed by atoms with van der Waals surface area (Å²) in [6, 6.07) is 5.17. The number of halogens is 1. The van der Waals surface area contributed by atoms with Crippen molar-refractivity contribution in [1.29, 1.82) is 0 Å². The van der Waals surface area contributed by atoms with Crippen LogP contribution in [0.5, 0.6) is 0 Å². The van der Waals surface area contributed by atoms with E-state index in [9.17, 15) is 8.42 Å². The van der Waals surface area contributed by atoms with Crippen LogP contribution in [0.25, 0.3) is 0 Å². The normalized spacial score (nSPS) is 24.1. The molecule has 2 unspecified atom stereocenters. The smallest absolute Gasteiger partial charge is 0.244 e. The van der Waals surface area contributed by atoms with Crippen molar-refractivity contribution in [3.05, 3.63) is 28.2 Å². The molecule has 0 saturated carbocycles. The van der Waals surface area contributed by atoms with E-state index >= 15 is 0 Å². The van der Waals surface area contributed by atoms with Crippen LogP contribution in [0.15, 0.2) is 27.6 Å². The van der Waals surface area contributed by atoms with Gasteiger partial charge in [-0.3, -0.25) is 0 Å². The Hall–Kier alpha value is -0.430. The molecule has 0 aromatic heterocycles. The minimum atomic E-state index is -3.50. The lowest BCUT2D eigenvalue weighted by Crippen LogP contribution is -2.41. The number of likely N-dealkylation sites (N-methyl/N-ethyl adjacent to an activating group) is 1. The lowest BCUT2D eigenvalue weighted by atomic mass is 10.2. The second-order valence-corrected chi connectivity index (χ2v) is 7.71. The van der Waals surface area contributed by atoms with Crippen molar-refractivity contribution in [2.75, 3.05) is 13.7 Å². The minimum absolute atomic E-state index is 0.0657. The second kappa shape index (κ2) is 5.52. The van der Waals surface area contributed by atoms with E-state index in [4.69, 9.17) is 4.74 Å². The Morgan fingerprint density at radius 3 is 2.63 bits per heavy atom. The molecule has 0 aliphatic carbocycles. The van der Waals surface area contributed by atoms with Crippen molar-refractivity contribution < 1.29 is 13.2 Å². The fraction of sp³-hybridized carbons (Fsp3) is 0.538. The van der Waals surface area contributed by atoms with Crippen molar-refractivity contribution in [2.45, 2.75) is 37.3 Å². The molecule has 2 rings (SSSR count). The fourth-order valence-electron chi connectivity index (χ4n) is 2.35. The van der Waals surface area contributed by atoms with Gasteiger partial charge in [0.1, 0.15) is 0 Å². The highest BCUT2D eigenvalue weighted by molar-refractivity contribution is 9.10. The number of ether oxygens (including phenoxy) is 1. The van der Waals surface area contributed by atoms with Gasteiger partial charge in [0.2, 0.25) is 10.0 Å². The maximum Gasteiger partial charge on any atom is 0.244 e. The van der Waals surface area contributed by atoms with Gasteiger partial charge < -0.3 is 4.74 Å². The zero-order chi connectivity index (χ0) is 14.2. The van der Waals surface area contributed by atoms with Crippen molar-refractivity contribution in [1.82, 2.24) is 4.31 Å². The number of benzene rings is 1. The molecule has 1 saturated heterocycles. The van der Waals surface area contributed by atoms with Crippen LogP contribution in [0, 0.1) is 6.92 Å². The van der Waals surface area contributed by atoms with Gasteiger partial charge in [0.05, 0.1) is 17.0 Å². The Morgan fingerprint density at radius 2 is 2.11 bits per heavy atom. The first-order valence-corrected chi connectivity index (χ1v) is 8.43. The van der Waals surface area contributed by atoms with Crippen LogP contribution in [-0.2, 0) is 14.8 Å². The number of nitrogens with zero attached hydrogens (tertiary/aromatic N) is 1. The van der Waals surface area contributed by atoms with E-state index in [2.05, 4.69) is 15.9 Å². The molecular formula is C13H18BrNO3S. The van der Waals surface area contributed by atoms with E-state index in [1.54, 1.807) is 19.2 Å². The first-order valence-electron chi connectivity index (χ1n) is 6.20. The standard InChI is InChI=1S/C13H18BrNO3S/c1-9-4-5-13(11(14)8-9)19(16,17)15(3)12-6-7-18-10(12)2/h4-5,8,10,12H,6-7H2,1-3H3. The van der Waals surface area contributed by atoms with Gasteiger partial charge >= 0.3 is 0 Å². The zero-order valence-electron chi connectivity index (χ0n) is 11.3. The van der Waals surface area contributed by atoms with Crippen LogP contribution in [0.2, 0.25) is 0 Å². The Labute approximate surface area is 122 Å². The summed E-state index contributed by atoms with van der Waals surface area (Å²) < 4.78 is 32.8. The van der Waals surface area contributed by atoms with E-state index in [-0.39, 0.29) is 12.1 Å². The van der Waals surface area contributed by atoms with Crippen molar-refractivity contribution in [3.8, 4) is 0 Å². The molecule has 19 heavy (non-hydrogen) atoms. The Balaban J connectivity index is 2.36. The summed E-state index contributed by atoms with van der Waals surface area (Å²) in [6.45, 7) is 4.45. The zero-order valence-corrected chi connectivity index (χ0v) is 13.7. The van der Waals surface area contributed by atoms with Gasteiger partial charge in [0.25, 0.3) is 0 Å². The topological polar surface area (TPSA) is 46.6 Å². The third-order valence-corrected chi connectivity index (χ3v) is 6.41. The third-order valence-electron chi connectivity index (χ3n) is 3.55. The first kappa shape index (κ1) is 15.0. The van der Waals surface area contributed by atoms with Crippen molar-refractivity contribution in [2.24, 2.45) is 0 Å². The molecule has 0 bridgehead atoms. The summed E-state index contributed by atoms with van der Waals surface area (Å²) in [6.07, 6.45) is 0.671. The molecule has 0 N–H and O–H groups in total. The number of rotatable bonds is 3. The van der Waals surface area contributed by atoms with Crippen LogP contribution in [0.1, 0.15) is 18.9 Å². The average Bonchev–Trinajstić information content (AvgIpc) is 2.73. The van der Waals surface area contributed by atoms with Crippen LogP contribution in [0.3, 0.4) is 0 Å². The molecule has 1 aliphatic heterocycles. The Kier molecular flexibility index (Phi) is 4.35. The van der Waals surface area contributed by atoms with Crippen LogP contribution >= 0.6 is 15.9 Å². The monoisotopic (exact) mass is 347 g/mol. The highest BCUT2D eigenvalue weighted by Crippen LogP contribution is 2.29. The molecular weight excluding hydrogens is 330 g/mol. The van der Waals surface area contributed by atoms with E-state index in [1.807, 2.05) is 19.9 Å². The average molecular weight is 348 g/mol. The summed E-state index contributed by atoms with van der Waals surface area (Å²) in [5.74, 6) is 0. The molecule has 1 aromatic carbocycles. The fourth-order valence-corrected chi connectivity index (χ4v) is 4.94. The summed E-state index contributed by atoms with van der Waals surface area (Å²) in [4.78, 5) is 0.305. The molecule has 0 radical (unpaired) electrons. The second-order valence-electron chi connectivity index (χ2n) is 4.89. The predicted octanol–water partition coefficient (Wildman–Crippen LogP) is 2.56. The highest BCUT2D eigenvalue weighted by atomic mass is 79.9. The number of sulfonamides is 1. The van der Waals surface area contributed by atoms with E-state index in [0.717, 1.165) is 12.0 Å². The number of aryl methyl sites for hydroxylation is 1. The quantitative estimate of drug-likeness (QED) is 0.844. The van der Waals surface area contributed by atoms with Gasteiger partial charge in [-0.25, -0.2) is 8.42 Å². The first-order chi connectivity index (χ1) is 8.84. The summed E-state index contributed by atoms with van der Waals surface area (Å²) in [7, 11) is -1.87. The Bertz CT molecular complexity index is 573. The molecule has 4 nitrogen and oxygen atoms in total. The molecule has 1 aromatic rings. The maximum absolute atomic E-state index is 12.6. The van der Waals surface area contributed by atoms with Gasteiger partial charge in [-0.05, 0) is 53.9 Å². The molecule has 1 heterocycles. The number of hydrogen-bond donors (Lipinski definition) is 0. The summed E-state index contributed by atoms with van der Waals surface area (Å²) in [5.41, 5.74) is 1.02. The van der Waals surface area contributed by atoms with Crippen LogP contribution in [0.4, 0.5) is 0 Å². The van der Waals surface area contributed by atoms with Crippen molar-refractivity contribution in [3.63, 3.8) is 0 Å². The van der Waals surface area contributed by atoms with Crippen LogP contribution in [-0.4, -0.2) is 38.5 Å². The van der Waals surface area contributed by atoms with E-state index in [0.29, 0.717) is 16.0 Å². The van der Waals surface area contributed by atoms with Crippen molar-refractivity contribution >= 4 is 26.0 Å². The minimum Gasteiger partial charge on any atom is -0.377 e. The maximum atomic E-state index is 12.6. The lowest BCUT2D eigenvalue weighted by molar-refractivity contribution is 0.102. The Morgan fingerprint density at radius 1 is 1.42 bits per heavy atom. The lowest BCUT2D eigenvalue weighted by Gasteiger charge is -2.26. The van der Waals surface area contributed by atoms with Gasteiger partial charge in [0.15, 0.2) is 0 Å². The molecule has 0 spiro atoms. The van der Waals surface area contributed by atoms with E-state index in [1.165, 1.54) is 4.31 Å².